The molecule has 172 valence electrons. The van der Waals surface area contributed by atoms with Gasteiger partial charge in [0.15, 0.2) is 0 Å². The fraction of sp³-hybridized carbons (Fsp3) is 0.0909. The second-order valence-electron chi connectivity index (χ2n) is 7.23. The number of rotatable bonds is 5. The molecule has 1 N–H and O–H groups in total. The number of hydrazone groups is 1. The largest absolute Gasteiger partial charge is 0.445 e. The second-order valence-corrected chi connectivity index (χ2v) is 9.48. The van der Waals surface area contributed by atoms with Crippen LogP contribution in [0.15, 0.2) is 59.0 Å². The number of hydrogen-bond acceptors (Lipinski definition) is 7. The first-order valence-electron chi connectivity index (χ1n) is 9.82. The van der Waals surface area contributed by atoms with Crippen molar-refractivity contribution < 1.29 is 13.2 Å². The molecular weight excluding hydrogens is 505 g/mol. The number of halogens is 4. The van der Waals surface area contributed by atoms with E-state index in [4.69, 9.17) is 11.6 Å². The number of thiazole rings is 1. The minimum Gasteiger partial charge on any atom is -0.253 e. The van der Waals surface area contributed by atoms with E-state index in [1.807, 2.05) is 36.6 Å². The molecule has 0 aliphatic carbocycles. The summed E-state index contributed by atoms with van der Waals surface area (Å²) < 4.78 is 40.7. The van der Waals surface area contributed by atoms with Crippen molar-refractivity contribution in [3.05, 3.63) is 75.2 Å². The van der Waals surface area contributed by atoms with Gasteiger partial charge < -0.3 is 0 Å². The third kappa shape index (κ3) is 4.54. The van der Waals surface area contributed by atoms with Crippen LogP contribution in [0.3, 0.4) is 0 Å². The zero-order valence-electron chi connectivity index (χ0n) is 17.3. The van der Waals surface area contributed by atoms with Crippen molar-refractivity contribution in [1.29, 1.82) is 0 Å². The molecule has 0 fully saturated rings. The monoisotopic (exact) mass is 518 g/mol. The van der Waals surface area contributed by atoms with Gasteiger partial charge in [-0.1, -0.05) is 64.9 Å². The zero-order chi connectivity index (χ0) is 23.9. The Balaban J connectivity index is 1.46. The second kappa shape index (κ2) is 8.82. The van der Waals surface area contributed by atoms with E-state index in [0.717, 1.165) is 21.3 Å². The molecule has 34 heavy (non-hydrogen) atoms. The number of nitrogens with zero attached hydrogens (tertiary/aromatic N) is 5. The first-order chi connectivity index (χ1) is 16.3. The molecule has 0 atom stereocenters. The van der Waals surface area contributed by atoms with Crippen LogP contribution in [-0.4, -0.2) is 25.8 Å². The number of hydrogen-bond donors (Lipinski definition) is 1. The van der Waals surface area contributed by atoms with Gasteiger partial charge >= 0.3 is 6.18 Å². The maximum absolute atomic E-state index is 13.2. The standard InChI is InChI=1S/C22H14ClF3N6S2/c1-12-2-4-13(5-3-12)16-11-33-20(28-16)30-27-10-17-18(14-6-8-15(23)9-7-14)29-21-32(17)31-19(34-21)22(24,25)26/h2-11H,1H3,(H,28,30)/b27-10+. The molecule has 5 aromatic rings. The van der Waals surface area contributed by atoms with Gasteiger partial charge in [-0.25, -0.2) is 14.5 Å². The summed E-state index contributed by atoms with van der Waals surface area (Å²) in [4.78, 5) is 8.99. The van der Waals surface area contributed by atoms with Gasteiger partial charge in [0.2, 0.25) is 15.1 Å². The first kappa shape index (κ1) is 22.5. The molecular formula is C22H14ClF3N6S2. The van der Waals surface area contributed by atoms with Gasteiger partial charge in [-0.15, -0.1) is 16.4 Å². The summed E-state index contributed by atoms with van der Waals surface area (Å²) in [5, 5.41) is 9.90. The van der Waals surface area contributed by atoms with Gasteiger partial charge in [0.1, 0.15) is 11.4 Å². The van der Waals surface area contributed by atoms with Crippen LogP contribution in [-0.2, 0) is 6.18 Å². The number of aryl methyl sites for hydroxylation is 1. The Morgan fingerprint density at radius 2 is 1.74 bits per heavy atom. The van der Waals surface area contributed by atoms with Gasteiger partial charge in [-0.3, -0.25) is 5.43 Å². The number of aromatic nitrogens is 4. The van der Waals surface area contributed by atoms with Crippen LogP contribution < -0.4 is 5.43 Å². The molecule has 0 amide bonds. The van der Waals surface area contributed by atoms with Crippen molar-refractivity contribution in [2.45, 2.75) is 13.1 Å². The molecule has 0 aliphatic rings. The lowest BCUT2D eigenvalue weighted by atomic mass is 10.1. The third-order valence-corrected chi connectivity index (χ3v) is 6.75. The quantitative estimate of drug-likeness (QED) is 0.201. The normalized spacial score (nSPS) is 12.1. The van der Waals surface area contributed by atoms with Crippen molar-refractivity contribution in [2.24, 2.45) is 5.10 Å². The number of imidazole rings is 1. The van der Waals surface area contributed by atoms with E-state index in [0.29, 0.717) is 38.4 Å². The Labute approximate surface area is 204 Å². The van der Waals surface area contributed by atoms with Crippen molar-refractivity contribution in [1.82, 2.24) is 19.6 Å². The SMILES string of the molecule is Cc1ccc(-c2csc(N/N=C/c3c(-c4ccc(Cl)cc4)nc4sc(C(F)(F)F)nn34)n2)cc1. The van der Waals surface area contributed by atoms with Gasteiger partial charge in [0.05, 0.1) is 11.9 Å². The van der Waals surface area contributed by atoms with Crippen molar-refractivity contribution in [3.8, 4) is 22.5 Å². The minimum absolute atomic E-state index is 0.106. The fourth-order valence-electron chi connectivity index (χ4n) is 3.15. The molecule has 5 rings (SSSR count). The maximum atomic E-state index is 13.2. The summed E-state index contributed by atoms with van der Waals surface area (Å²) in [5.41, 5.74) is 7.18. The molecule has 0 aliphatic heterocycles. The van der Waals surface area contributed by atoms with E-state index in [9.17, 15) is 13.2 Å². The molecule has 6 nitrogen and oxygen atoms in total. The molecule has 12 heteroatoms. The molecule has 0 bridgehead atoms. The summed E-state index contributed by atoms with van der Waals surface area (Å²) in [6, 6.07) is 14.8. The Morgan fingerprint density at radius 3 is 2.44 bits per heavy atom. The Hall–Kier alpha value is -3.28. The molecule has 2 aromatic carbocycles. The van der Waals surface area contributed by atoms with Gasteiger partial charge in [-0.05, 0) is 19.1 Å². The van der Waals surface area contributed by atoms with Gasteiger partial charge in [-0.2, -0.15) is 18.3 Å². The number of alkyl halides is 3. The first-order valence-corrected chi connectivity index (χ1v) is 11.9. The summed E-state index contributed by atoms with van der Waals surface area (Å²) in [7, 11) is 0. The number of nitrogens with one attached hydrogen (secondary N) is 1. The molecule has 0 saturated heterocycles. The average molecular weight is 519 g/mol. The molecule has 0 unspecified atom stereocenters. The molecule has 0 radical (unpaired) electrons. The molecule has 3 heterocycles. The van der Waals surface area contributed by atoms with Gasteiger partial charge in [0, 0.05) is 21.5 Å². The van der Waals surface area contributed by atoms with Gasteiger partial charge in [0.25, 0.3) is 0 Å². The number of benzene rings is 2. The van der Waals surface area contributed by atoms with E-state index >= 15 is 0 Å². The van der Waals surface area contributed by atoms with E-state index in [1.54, 1.807) is 24.3 Å². The summed E-state index contributed by atoms with van der Waals surface area (Å²) in [6.07, 6.45) is -3.18. The highest BCUT2D eigenvalue weighted by molar-refractivity contribution is 7.16. The third-order valence-electron chi connectivity index (χ3n) is 4.80. The maximum Gasteiger partial charge on any atom is 0.445 e. The Bertz CT molecular complexity index is 1480. The number of fused-ring (bicyclic) bond motifs is 1. The van der Waals surface area contributed by atoms with Crippen molar-refractivity contribution in [2.75, 3.05) is 5.43 Å². The van der Waals surface area contributed by atoms with E-state index < -0.39 is 11.2 Å². The van der Waals surface area contributed by atoms with Crippen LogP contribution in [0, 0.1) is 6.92 Å². The Morgan fingerprint density at radius 1 is 1.03 bits per heavy atom. The lowest BCUT2D eigenvalue weighted by molar-refractivity contribution is -0.138. The predicted molar refractivity (Wildman–Crippen MR) is 130 cm³/mol. The highest BCUT2D eigenvalue weighted by Crippen LogP contribution is 2.35. The van der Waals surface area contributed by atoms with Crippen molar-refractivity contribution >= 4 is 50.6 Å². The molecule has 3 aromatic heterocycles. The summed E-state index contributed by atoms with van der Waals surface area (Å²) >= 11 is 7.80. The smallest absolute Gasteiger partial charge is 0.253 e. The zero-order valence-corrected chi connectivity index (χ0v) is 19.7. The van der Waals surface area contributed by atoms with Crippen LogP contribution in [0.1, 0.15) is 16.3 Å². The highest BCUT2D eigenvalue weighted by Gasteiger charge is 2.36. The lowest BCUT2D eigenvalue weighted by Gasteiger charge is -2.01. The molecule has 0 spiro atoms. The van der Waals surface area contributed by atoms with Crippen molar-refractivity contribution in [3.63, 3.8) is 0 Å². The predicted octanol–water partition coefficient (Wildman–Crippen LogP) is 7.01. The fourth-order valence-corrected chi connectivity index (χ4v) is 4.71. The van der Waals surface area contributed by atoms with E-state index in [2.05, 4.69) is 25.6 Å². The molecule has 0 saturated carbocycles. The van der Waals surface area contributed by atoms with Crippen LogP contribution >= 0.6 is 34.3 Å². The summed E-state index contributed by atoms with van der Waals surface area (Å²) in [6.45, 7) is 2.01. The summed E-state index contributed by atoms with van der Waals surface area (Å²) in [5.74, 6) is 0. The highest BCUT2D eigenvalue weighted by atomic mass is 35.5. The number of anilines is 1. The minimum atomic E-state index is -4.56. The topological polar surface area (TPSA) is 67.5 Å². The van der Waals surface area contributed by atoms with Crippen LogP contribution in [0.2, 0.25) is 5.02 Å². The Kier molecular flexibility index (Phi) is 5.84. The van der Waals surface area contributed by atoms with Crippen LogP contribution in [0.4, 0.5) is 18.3 Å². The lowest BCUT2D eigenvalue weighted by Crippen LogP contribution is -2.06. The van der Waals surface area contributed by atoms with E-state index in [1.165, 1.54) is 17.6 Å². The van der Waals surface area contributed by atoms with Crippen LogP contribution in [0.5, 0.6) is 0 Å². The van der Waals surface area contributed by atoms with E-state index in [-0.39, 0.29) is 4.96 Å². The van der Waals surface area contributed by atoms with Crippen LogP contribution in [0.25, 0.3) is 27.5 Å². The average Bonchev–Trinajstić information content (AvgIpc) is 3.50.